The third kappa shape index (κ3) is 4.50. The molecule has 1 saturated heterocycles. The largest absolute Gasteiger partial charge is 0.469 e. The Hall–Kier alpha value is -1.94. The number of para-hydroxylation sites is 1. The molecule has 5 atom stereocenters. The molecule has 0 bridgehead atoms. The molecule has 5 rings (SSSR count). The molecule has 2 aliphatic heterocycles. The van der Waals surface area contributed by atoms with Crippen molar-refractivity contribution in [3.8, 4) is 0 Å². The number of ether oxygens (including phenoxy) is 1. The Balaban J connectivity index is 0.000000418. The van der Waals surface area contributed by atoms with E-state index in [1.807, 2.05) is 0 Å². The summed E-state index contributed by atoms with van der Waals surface area (Å²) in [6.07, 6.45) is 3.85. The summed E-state index contributed by atoms with van der Waals surface area (Å²) < 4.78 is 30.9. The molecule has 2 aromatic rings. The number of H-pyrrole nitrogens is 1. The van der Waals surface area contributed by atoms with Gasteiger partial charge in [0.25, 0.3) is 10.1 Å². The van der Waals surface area contributed by atoms with Crippen LogP contribution in [0.1, 0.15) is 36.6 Å². The first-order chi connectivity index (χ1) is 14.7. The third-order valence-electron chi connectivity index (χ3n) is 7.02. The van der Waals surface area contributed by atoms with Crippen LogP contribution in [0.3, 0.4) is 0 Å². The summed E-state index contributed by atoms with van der Waals surface area (Å²) in [7, 11) is -2.23. The van der Waals surface area contributed by atoms with Crippen molar-refractivity contribution < 1.29 is 27.6 Å². The maximum Gasteiger partial charge on any atom is 0.311 e. The highest BCUT2D eigenvalue weighted by atomic mass is 32.2. The number of carbonyl (C=O) groups is 1. The second-order valence-electron chi connectivity index (χ2n) is 8.91. The number of nitrogens with one attached hydrogen (secondary N) is 1. The fraction of sp³-hybridized carbons (Fsp3) is 0.591. The molecular formula is C22H30N2O6S. The monoisotopic (exact) mass is 450 g/mol. The number of aliphatic hydroxyl groups excluding tert-OH is 1. The Morgan fingerprint density at radius 3 is 2.68 bits per heavy atom. The van der Waals surface area contributed by atoms with Gasteiger partial charge in [0.2, 0.25) is 0 Å². The number of hydrogen-bond donors (Lipinski definition) is 3. The van der Waals surface area contributed by atoms with Gasteiger partial charge in [0, 0.05) is 29.7 Å². The van der Waals surface area contributed by atoms with Gasteiger partial charge in [0.15, 0.2) is 0 Å². The molecule has 1 aromatic carbocycles. The Bertz CT molecular complexity index is 1060. The van der Waals surface area contributed by atoms with Crippen LogP contribution in [0.25, 0.3) is 10.9 Å². The van der Waals surface area contributed by atoms with Crippen LogP contribution in [0.15, 0.2) is 24.3 Å². The molecule has 31 heavy (non-hydrogen) atoms. The molecule has 8 nitrogen and oxygen atoms in total. The molecule has 1 aromatic heterocycles. The summed E-state index contributed by atoms with van der Waals surface area (Å²) in [6, 6.07) is 8.83. The Labute approximate surface area is 182 Å². The number of fused-ring (bicyclic) bond motifs is 6. The van der Waals surface area contributed by atoms with Crippen molar-refractivity contribution in [3.05, 3.63) is 35.5 Å². The minimum Gasteiger partial charge on any atom is -0.469 e. The van der Waals surface area contributed by atoms with Crippen molar-refractivity contribution in [2.24, 2.45) is 17.8 Å². The molecule has 0 spiro atoms. The van der Waals surface area contributed by atoms with Gasteiger partial charge in [-0.05, 0) is 49.1 Å². The number of nitrogens with zero attached hydrogens (tertiary/aromatic N) is 1. The van der Waals surface area contributed by atoms with E-state index < -0.39 is 16.2 Å². The van der Waals surface area contributed by atoms with Crippen LogP contribution < -0.4 is 0 Å². The molecule has 0 radical (unpaired) electrons. The molecule has 0 unspecified atom stereocenters. The van der Waals surface area contributed by atoms with E-state index in [-0.39, 0.29) is 17.8 Å². The van der Waals surface area contributed by atoms with Gasteiger partial charge in [-0.1, -0.05) is 18.2 Å². The molecule has 2 fully saturated rings. The number of esters is 1. The number of aromatic nitrogens is 1. The highest BCUT2D eigenvalue weighted by Gasteiger charge is 2.49. The van der Waals surface area contributed by atoms with Crippen LogP contribution in [-0.4, -0.2) is 66.5 Å². The fourth-order valence-electron chi connectivity index (χ4n) is 5.80. The summed E-state index contributed by atoms with van der Waals surface area (Å²) in [5.74, 6) is 0.0541. The molecule has 9 heteroatoms. The zero-order valence-electron chi connectivity index (χ0n) is 17.8. The maximum atomic E-state index is 12.4. The van der Waals surface area contributed by atoms with E-state index in [0.29, 0.717) is 24.6 Å². The van der Waals surface area contributed by atoms with Crippen molar-refractivity contribution in [2.75, 3.05) is 26.5 Å². The Morgan fingerprint density at radius 1 is 1.26 bits per heavy atom. The van der Waals surface area contributed by atoms with Crippen molar-refractivity contribution in [3.63, 3.8) is 0 Å². The zero-order valence-corrected chi connectivity index (χ0v) is 18.6. The maximum absolute atomic E-state index is 12.4. The quantitative estimate of drug-likeness (QED) is 0.450. The number of carbonyl (C=O) groups excluding carboxylic acids is 1. The van der Waals surface area contributed by atoms with E-state index in [0.717, 1.165) is 32.4 Å². The number of aliphatic hydroxyl groups is 1. The lowest BCUT2D eigenvalue weighted by atomic mass is 9.65. The van der Waals surface area contributed by atoms with Crippen molar-refractivity contribution in [1.82, 2.24) is 9.88 Å². The number of benzene rings is 1. The van der Waals surface area contributed by atoms with Gasteiger partial charge in [-0.2, -0.15) is 8.42 Å². The van der Waals surface area contributed by atoms with Gasteiger partial charge in [-0.25, -0.2) is 0 Å². The SMILES string of the molecule is COC(=O)[C@@H]1[C@H]2C[C@H]3c4[nH]c5ccccc5c4CCN3C[C@@H]2CC[C@@H]1O.CS(=O)(=O)O. The highest BCUT2D eigenvalue weighted by Crippen LogP contribution is 2.49. The van der Waals surface area contributed by atoms with Crippen LogP contribution in [0, 0.1) is 17.8 Å². The van der Waals surface area contributed by atoms with Crippen molar-refractivity contribution >= 4 is 27.0 Å². The van der Waals surface area contributed by atoms with Crippen LogP contribution in [0.5, 0.6) is 0 Å². The Kier molecular flexibility index (Phi) is 6.13. The number of methoxy groups -OCH3 is 1. The average molecular weight is 451 g/mol. The van der Waals surface area contributed by atoms with E-state index in [1.54, 1.807) is 0 Å². The predicted molar refractivity (Wildman–Crippen MR) is 116 cm³/mol. The van der Waals surface area contributed by atoms with Gasteiger partial charge in [-0.15, -0.1) is 0 Å². The first-order valence-electron chi connectivity index (χ1n) is 10.7. The van der Waals surface area contributed by atoms with E-state index in [1.165, 1.54) is 29.3 Å². The first-order valence-corrected chi connectivity index (χ1v) is 12.5. The summed E-state index contributed by atoms with van der Waals surface area (Å²) in [5.41, 5.74) is 3.96. The average Bonchev–Trinajstić information content (AvgIpc) is 3.10. The smallest absolute Gasteiger partial charge is 0.311 e. The van der Waals surface area contributed by atoms with Crippen molar-refractivity contribution in [2.45, 2.75) is 37.8 Å². The minimum absolute atomic E-state index is 0.199. The van der Waals surface area contributed by atoms with Crippen LogP contribution >= 0.6 is 0 Å². The Morgan fingerprint density at radius 2 is 1.97 bits per heavy atom. The van der Waals surface area contributed by atoms with Crippen LogP contribution in [0.2, 0.25) is 0 Å². The number of piperidine rings is 1. The van der Waals surface area contributed by atoms with Gasteiger partial charge >= 0.3 is 5.97 Å². The molecular weight excluding hydrogens is 420 g/mol. The predicted octanol–water partition coefficient (Wildman–Crippen LogP) is 2.15. The second-order valence-corrected chi connectivity index (χ2v) is 10.4. The van der Waals surface area contributed by atoms with Gasteiger partial charge in [0.1, 0.15) is 0 Å². The number of hydrogen-bond acceptors (Lipinski definition) is 6. The first kappa shape index (κ1) is 22.3. The minimum atomic E-state index is -3.67. The van der Waals surface area contributed by atoms with Crippen LogP contribution in [-0.2, 0) is 26.1 Å². The summed E-state index contributed by atoms with van der Waals surface area (Å²) in [4.78, 5) is 18.6. The van der Waals surface area contributed by atoms with Crippen LogP contribution in [0.4, 0.5) is 0 Å². The van der Waals surface area contributed by atoms with E-state index in [2.05, 4.69) is 34.1 Å². The number of aromatic amines is 1. The molecule has 3 heterocycles. The lowest BCUT2D eigenvalue weighted by Gasteiger charge is -2.50. The normalized spacial score (nSPS) is 30.4. The van der Waals surface area contributed by atoms with Gasteiger partial charge in [0.05, 0.1) is 31.4 Å². The number of rotatable bonds is 1. The standard InChI is InChI=1S/C21H26N2O3.CH4O3S/c1-26-21(25)19-15-10-17-20-14(13-4-2-3-5-16(13)22-20)8-9-23(17)11-12(15)6-7-18(19)24;1-5(2,3)4/h2-5,12,15,17-19,22,24H,6-11H2,1H3;1H3,(H,2,3,4)/t12-,15-,17-,18-,19+;/m0./s1. The second kappa shape index (κ2) is 8.54. The molecule has 1 saturated carbocycles. The summed E-state index contributed by atoms with van der Waals surface area (Å²) in [5, 5.41) is 11.8. The molecule has 3 N–H and O–H groups in total. The van der Waals surface area contributed by atoms with Gasteiger partial charge in [-0.3, -0.25) is 14.2 Å². The molecule has 3 aliphatic rings. The summed E-state index contributed by atoms with van der Waals surface area (Å²) >= 11 is 0. The van der Waals surface area contributed by atoms with E-state index in [4.69, 9.17) is 9.29 Å². The van der Waals surface area contributed by atoms with E-state index in [9.17, 15) is 18.3 Å². The zero-order chi connectivity index (χ0) is 22.3. The lowest BCUT2D eigenvalue weighted by Crippen LogP contribution is -2.53. The highest BCUT2D eigenvalue weighted by molar-refractivity contribution is 7.85. The van der Waals surface area contributed by atoms with Crippen molar-refractivity contribution in [1.29, 1.82) is 0 Å². The topological polar surface area (TPSA) is 120 Å². The van der Waals surface area contributed by atoms with Gasteiger partial charge < -0.3 is 14.8 Å². The molecule has 0 amide bonds. The summed E-state index contributed by atoms with van der Waals surface area (Å²) in [6.45, 7) is 2.10. The molecule has 170 valence electrons. The lowest BCUT2D eigenvalue weighted by molar-refractivity contribution is -0.160. The fourth-order valence-corrected chi connectivity index (χ4v) is 5.80. The van der Waals surface area contributed by atoms with E-state index >= 15 is 0 Å². The third-order valence-corrected chi connectivity index (χ3v) is 7.02. The molecule has 1 aliphatic carbocycles.